The maximum absolute atomic E-state index is 12.3. The highest BCUT2D eigenvalue weighted by Gasteiger charge is 2.27. The molecule has 0 unspecified atom stereocenters. The van der Waals surface area contributed by atoms with Crippen LogP contribution in [0.25, 0.3) is 11.1 Å². The molecule has 1 amide bonds. The minimum atomic E-state index is -0.493. The summed E-state index contributed by atoms with van der Waals surface area (Å²) < 4.78 is 10.9. The molecule has 1 saturated heterocycles. The maximum atomic E-state index is 12.3. The fourth-order valence-electron chi connectivity index (χ4n) is 3.11. The predicted octanol–water partition coefficient (Wildman–Crippen LogP) is 2.72. The minimum absolute atomic E-state index is 0.271. The van der Waals surface area contributed by atoms with Gasteiger partial charge in [-0.2, -0.15) is 5.10 Å². The lowest BCUT2D eigenvalue weighted by atomic mass is 10.0. The molecule has 8 nitrogen and oxygen atoms in total. The Kier molecular flexibility index (Phi) is 5.16. The standard InChI is InChI=1S/C19H27N5O3/c1-19(2,3)27-18(25)24-7-5-23(6-8-24)16-10-17(26-4)15(20)9-14(16)13-11-21-22-12-13/h9-12H,5-8,20H2,1-4H3,(H,21,22). The van der Waals surface area contributed by atoms with Crippen LogP contribution in [0.1, 0.15) is 20.8 Å². The smallest absolute Gasteiger partial charge is 0.410 e. The van der Waals surface area contributed by atoms with Gasteiger partial charge in [-0.15, -0.1) is 0 Å². The van der Waals surface area contributed by atoms with Crippen molar-refractivity contribution in [2.24, 2.45) is 0 Å². The summed E-state index contributed by atoms with van der Waals surface area (Å²) in [5.74, 6) is 0.631. The average molecular weight is 373 g/mol. The van der Waals surface area contributed by atoms with E-state index in [0.717, 1.165) is 16.8 Å². The molecule has 0 saturated carbocycles. The lowest BCUT2D eigenvalue weighted by Crippen LogP contribution is -2.50. The molecule has 2 heterocycles. The molecule has 1 fully saturated rings. The summed E-state index contributed by atoms with van der Waals surface area (Å²) in [5.41, 5.74) is 9.13. The normalized spacial score (nSPS) is 15.0. The Morgan fingerprint density at radius 1 is 1.22 bits per heavy atom. The Balaban J connectivity index is 1.80. The van der Waals surface area contributed by atoms with Gasteiger partial charge in [-0.25, -0.2) is 4.79 Å². The fraction of sp³-hybridized carbons (Fsp3) is 0.474. The second-order valence-corrected chi connectivity index (χ2v) is 7.55. The third-order valence-corrected chi connectivity index (χ3v) is 4.43. The number of piperazine rings is 1. The molecule has 0 radical (unpaired) electrons. The summed E-state index contributed by atoms with van der Waals surface area (Å²) in [7, 11) is 1.60. The van der Waals surface area contributed by atoms with Crippen LogP contribution in [0, 0.1) is 0 Å². The van der Waals surface area contributed by atoms with Crippen LogP contribution in [0.3, 0.4) is 0 Å². The van der Waals surface area contributed by atoms with Crippen LogP contribution >= 0.6 is 0 Å². The number of carbonyl (C=O) groups excluding carboxylic acids is 1. The van der Waals surface area contributed by atoms with Crippen molar-refractivity contribution in [2.75, 3.05) is 43.9 Å². The number of carbonyl (C=O) groups is 1. The molecule has 2 aromatic rings. The first kappa shape index (κ1) is 18.9. The second-order valence-electron chi connectivity index (χ2n) is 7.55. The zero-order valence-electron chi connectivity index (χ0n) is 16.3. The Bertz CT molecular complexity index is 790. The largest absolute Gasteiger partial charge is 0.495 e. The maximum Gasteiger partial charge on any atom is 0.410 e. The molecule has 8 heteroatoms. The number of aromatic amines is 1. The van der Waals surface area contributed by atoms with Gasteiger partial charge < -0.3 is 25.0 Å². The Morgan fingerprint density at radius 2 is 1.93 bits per heavy atom. The SMILES string of the molecule is COc1cc(N2CCN(C(=O)OC(C)(C)C)CC2)c(-c2cn[nH]c2)cc1N. The van der Waals surface area contributed by atoms with E-state index in [4.69, 9.17) is 15.2 Å². The highest BCUT2D eigenvalue weighted by molar-refractivity contribution is 5.83. The molecule has 3 rings (SSSR count). The van der Waals surface area contributed by atoms with E-state index in [1.54, 1.807) is 18.2 Å². The molecule has 0 aliphatic carbocycles. The van der Waals surface area contributed by atoms with E-state index < -0.39 is 5.60 Å². The number of rotatable bonds is 3. The van der Waals surface area contributed by atoms with Gasteiger partial charge in [0.05, 0.1) is 19.0 Å². The lowest BCUT2D eigenvalue weighted by molar-refractivity contribution is 0.0240. The van der Waals surface area contributed by atoms with Crippen LogP contribution in [0.2, 0.25) is 0 Å². The van der Waals surface area contributed by atoms with E-state index in [9.17, 15) is 4.79 Å². The van der Waals surface area contributed by atoms with Gasteiger partial charge in [0.25, 0.3) is 0 Å². The molecule has 1 aromatic heterocycles. The van der Waals surface area contributed by atoms with E-state index >= 15 is 0 Å². The van der Waals surface area contributed by atoms with Crippen LogP contribution in [0.5, 0.6) is 5.75 Å². The molecule has 0 spiro atoms. The number of anilines is 2. The quantitative estimate of drug-likeness (QED) is 0.803. The fourth-order valence-corrected chi connectivity index (χ4v) is 3.11. The molecular formula is C19H27N5O3. The number of nitrogen functional groups attached to an aromatic ring is 1. The van der Waals surface area contributed by atoms with E-state index in [1.807, 2.05) is 39.1 Å². The highest BCUT2D eigenvalue weighted by Crippen LogP contribution is 2.38. The summed E-state index contributed by atoms with van der Waals surface area (Å²) in [4.78, 5) is 16.3. The summed E-state index contributed by atoms with van der Waals surface area (Å²) in [5, 5.41) is 6.88. The lowest BCUT2D eigenvalue weighted by Gasteiger charge is -2.37. The molecule has 1 aromatic carbocycles. The zero-order valence-corrected chi connectivity index (χ0v) is 16.3. The number of benzene rings is 1. The van der Waals surface area contributed by atoms with Crippen LogP contribution in [0.4, 0.5) is 16.2 Å². The summed E-state index contributed by atoms with van der Waals surface area (Å²) >= 11 is 0. The van der Waals surface area contributed by atoms with Crippen LogP contribution in [0.15, 0.2) is 24.5 Å². The average Bonchev–Trinajstić information content (AvgIpc) is 3.14. The van der Waals surface area contributed by atoms with Gasteiger partial charge >= 0.3 is 6.09 Å². The van der Waals surface area contributed by atoms with Gasteiger partial charge in [-0.3, -0.25) is 5.10 Å². The number of aromatic nitrogens is 2. The zero-order chi connectivity index (χ0) is 19.6. The van der Waals surface area contributed by atoms with Crippen molar-refractivity contribution in [1.82, 2.24) is 15.1 Å². The van der Waals surface area contributed by atoms with Gasteiger partial charge in [0.2, 0.25) is 0 Å². The van der Waals surface area contributed by atoms with Crippen LogP contribution in [-0.2, 0) is 4.74 Å². The first-order valence-corrected chi connectivity index (χ1v) is 8.98. The van der Waals surface area contributed by atoms with E-state index in [1.165, 1.54) is 0 Å². The Hall–Kier alpha value is -2.90. The Labute approximate surface area is 159 Å². The first-order valence-electron chi connectivity index (χ1n) is 8.98. The van der Waals surface area contributed by atoms with E-state index in [0.29, 0.717) is 37.6 Å². The predicted molar refractivity (Wildman–Crippen MR) is 105 cm³/mol. The number of H-pyrrole nitrogens is 1. The van der Waals surface area contributed by atoms with Crippen molar-refractivity contribution in [3.63, 3.8) is 0 Å². The molecule has 0 atom stereocenters. The number of nitrogens with two attached hydrogens (primary N) is 1. The number of hydrogen-bond donors (Lipinski definition) is 2. The van der Waals surface area contributed by atoms with Gasteiger partial charge in [0.1, 0.15) is 11.4 Å². The highest BCUT2D eigenvalue weighted by atomic mass is 16.6. The number of ether oxygens (including phenoxy) is 2. The molecule has 3 N–H and O–H groups in total. The summed E-state index contributed by atoms with van der Waals surface area (Å²) in [6.07, 6.45) is 3.33. The Morgan fingerprint density at radius 3 is 2.48 bits per heavy atom. The van der Waals surface area contributed by atoms with Crippen LogP contribution in [-0.4, -0.2) is 60.1 Å². The number of nitrogens with zero attached hydrogens (tertiary/aromatic N) is 3. The topological polar surface area (TPSA) is 96.7 Å². The third kappa shape index (κ3) is 4.27. The molecule has 0 bridgehead atoms. The number of methoxy groups -OCH3 is 1. The molecule has 1 aliphatic rings. The van der Waals surface area contributed by atoms with E-state index in [-0.39, 0.29) is 6.09 Å². The monoisotopic (exact) mass is 373 g/mol. The van der Waals surface area contributed by atoms with Crippen molar-refractivity contribution in [2.45, 2.75) is 26.4 Å². The van der Waals surface area contributed by atoms with Gasteiger partial charge in [0, 0.05) is 55.3 Å². The summed E-state index contributed by atoms with van der Waals surface area (Å²) in [6.45, 7) is 8.18. The van der Waals surface area contributed by atoms with Crippen molar-refractivity contribution in [3.8, 4) is 16.9 Å². The molecular weight excluding hydrogens is 346 g/mol. The third-order valence-electron chi connectivity index (χ3n) is 4.43. The van der Waals surface area contributed by atoms with Gasteiger partial charge in [0.15, 0.2) is 0 Å². The number of nitrogens with one attached hydrogen (secondary N) is 1. The van der Waals surface area contributed by atoms with Crippen molar-refractivity contribution in [1.29, 1.82) is 0 Å². The van der Waals surface area contributed by atoms with Crippen molar-refractivity contribution >= 4 is 17.5 Å². The molecule has 27 heavy (non-hydrogen) atoms. The van der Waals surface area contributed by atoms with Gasteiger partial charge in [-0.05, 0) is 26.8 Å². The van der Waals surface area contributed by atoms with Crippen LogP contribution < -0.4 is 15.4 Å². The van der Waals surface area contributed by atoms with Crippen molar-refractivity contribution in [3.05, 3.63) is 24.5 Å². The van der Waals surface area contributed by atoms with Crippen molar-refractivity contribution < 1.29 is 14.3 Å². The first-order chi connectivity index (χ1) is 12.8. The minimum Gasteiger partial charge on any atom is -0.495 e. The summed E-state index contributed by atoms with van der Waals surface area (Å²) in [6, 6.07) is 3.85. The molecule has 146 valence electrons. The van der Waals surface area contributed by atoms with Gasteiger partial charge in [-0.1, -0.05) is 0 Å². The second kappa shape index (κ2) is 7.38. The number of amides is 1. The van der Waals surface area contributed by atoms with E-state index in [2.05, 4.69) is 15.1 Å². The molecule has 1 aliphatic heterocycles. The number of hydrogen-bond acceptors (Lipinski definition) is 6.